The van der Waals surface area contributed by atoms with Crippen LogP contribution in [0.4, 0.5) is 0 Å². The molecule has 0 aliphatic heterocycles. The van der Waals surface area contributed by atoms with Gasteiger partial charge in [0.2, 0.25) is 5.88 Å². The molecule has 2 N–H and O–H groups in total. The first-order chi connectivity index (χ1) is 11.7. The van der Waals surface area contributed by atoms with Gasteiger partial charge in [0.15, 0.2) is 5.65 Å². The number of nitrogens with one attached hydrogen (secondary N) is 2. The van der Waals surface area contributed by atoms with Gasteiger partial charge >= 0.3 is 0 Å². The minimum atomic E-state index is -0.164. The van der Waals surface area contributed by atoms with Gasteiger partial charge in [0.1, 0.15) is 11.3 Å². The molecule has 2 heterocycles. The fraction of sp³-hybridized carbons (Fsp3) is 0.278. The number of hydrogen-bond acceptors (Lipinski definition) is 4. The number of nitrogens with zero attached hydrogens (tertiary/aromatic N) is 2. The van der Waals surface area contributed by atoms with Gasteiger partial charge in [-0.3, -0.25) is 4.79 Å². The molecule has 0 radical (unpaired) electrons. The first-order valence-corrected chi connectivity index (χ1v) is 8.10. The van der Waals surface area contributed by atoms with E-state index in [1.165, 1.54) is 5.56 Å². The predicted molar refractivity (Wildman–Crippen MR) is 92.4 cm³/mol. The second-order valence-electron chi connectivity index (χ2n) is 5.47. The summed E-state index contributed by atoms with van der Waals surface area (Å²) in [5, 5.41) is 2.84. The van der Waals surface area contributed by atoms with Crippen LogP contribution >= 0.6 is 0 Å². The zero-order valence-corrected chi connectivity index (χ0v) is 13.8. The molecule has 0 aliphatic rings. The Balaban J connectivity index is 1.88. The van der Waals surface area contributed by atoms with E-state index >= 15 is 0 Å². The van der Waals surface area contributed by atoms with Gasteiger partial charge in [0.25, 0.3) is 5.91 Å². The van der Waals surface area contributed by atoms with E-state index in [1.807, 2.05) is 31.2 Å². The molecule has 0 bridgehead atoms. The Hall–Kier alpha value is -2.89. The number of rotatable bonds is 6. The van der Waals surface area contributed by atoms with Gasteiger partial charge in [0.05, 0.1) is 11.8 Å². The lowest BCUT2D eigenvalue weighted by atomic mass is 10.2. The maximum absolute atomic E-state index is 12.2. The van der Waals surface area contributed by atoms with Crippen molar-refractivity contribution in [3.8, 4) is 11.6 Å². The molecule has 6 heteroatoms. The fourth-order valence-electron chi connectivity index (χ4n) is 2.38. The summed E-state index contributed by atoms with van der Waals surface area (Å²) in [6.07, 6.45) is 4.98. The zero-order valence-electron chi connectivity index (χ0n) is 13.8. The lowest BCUT2D eigenvalue weighted by Crippen LogP contribution is -2.23. The smallest absolute Gasteiger partial charge is 0.255 e. The van der Waals surface area contributed by atoms with Gasteiger partial charge in [-0.25, -0.2) is 9.97 Å². The Bertz CT molecular complexity index is 857. The van der Waals surface area contributed by atoms with Crippen molar-refractivity contribution in [1.82, 2.24) is 20.3 Å². The number of amides is 1. The molecule has 0 spiro atoms. The van der Waals surface area contributed by atoms with Gasteiger partial charge in [0, 0.05) is 12.7 Å². The minimum absolute atomic E-state index is 0.164. The number of benzene rings is 1. The molecule has 24 heavy (non-hydrogen) atoms. The van der Waals surface area contributed by atoms with E-state index in [2.05, 4.69) is 27.2 Å². The molecule has 6 nitrogen and oxygen atoms in total. The van der Waals surface area contributed by atoms with Gasteiger partial charge in [-0.05, 0) is 30.5 Å². The van der Waals surface area contributed by atoms with Gasteiger partial charge in [-0.2, -0.15) is 0 Å². The summed E-state index contributed by atoms with van der Waals surface area (Å²) in [6.45, 7) is 4.72. The standard InChI is InChI=1S/C18H20N4O2/c1-3-8-19-18(23)14-10-20-17-16(14)22-15(11-21-17)24-13-7-5-6-12(4-2)9-13/h5-7,9-11H,3-4,8H2,1-2H3,(H,19,23)(H,20,21). The molecule has 124 valence electrons. The highest BCUT2D eigenvalue weighted by Gasteiger charge is 2.15. The van der Waals surface area contributed by atoms with Gasteiger partial charge in [-0.1, -0.05) is 26.0 Å². The van der Waals surface area contributed by atoms with Gasteiger partial charge in [-0.15, -0.1) is 0 Å². The van der Waals surface area contributed by atoms with E-state index in [0.29, 0.717) is 34.9 Å². The van der Waals surface area contributed by atoms with Crippen LogP contribution in [0.1, 0.15) is 36.2 Å². The van der Waals surface area contributed by atoms with E-state index in [-0.39, 0.29) is 5.91 Å². The highest BCUT2D eigenvalue weighted by Crippen LogP contribution is 2.23. The first-order valence-electron chi connectivity index (χ1n) is 8.10. The second kappa shape index (κ2) is 7.12. The van der Waals surface area contributed by atoms with Crippen LogP contribution in [0.2, 0.25) is 0 Å². The molecule has 3 rings (SSSR count). The zero-order chi connectivity index (χ0) is 16.9. The number of aryl methyl sites for hydroxylation is 1. The molecule has 0 unspecified atom stereocenters. The summed E-state index contributed by atoms with van der Waals surface area (Å²) < 4.78 is 5.80. The normalized spacial score (nSPS) is 10.8. The number of carbonyl (C=O) groups is 1. The molecule has 1 aromatic carbocycles. The van der Waals surface area contributed by atoms with Crippen LogP contribution in [0.15, 0.2) is 36.7 Å². The number of fused-ring (bicyclic) bond motifs is 1. The lowest BCUT2D eigenvalue weighted by Gasteiger charge is -2.06. The van der Waals surface area contributed by atoms with Gasteiger partial charge < -0.3 is 15.0 Å². The minimum Gasteiger partial charge on any atom is -0.437 e. The molecule has 1 amide bonds. The SMILES string of the molecule is CCCNC(=O)c1c[nH]c2ncc(Oc3cccc(CC)c3)nc12. The number of H-pyrrole nitrogens is 1. The highest BCUT2D eigenvalue weighted by molar-refractivity contribution is 6.04. The summed E-state index contributed by atoms with van der Waals surface area (Å²) in [5.41, 5.74) is 2.72. The van der Waals surface area contributed by atoms with Crippen LogP contribution in [0.3, 0.4) is 0 Å². The summed E-state index contributed by atoms with van der Waals surface area (Å²) in [5.74, 6) is 0.901. The van der Waals surface area contributed by atoms with E-state index in [9.17, 15) is 4.79 Å². The van der Waals surface area contributed by atoms with Crippen molar-refractivity contribution in [1.29, 1.82) is 0 Å². The number of hydrogen-bond donors (Lipinski definition) is 2. The maximum atomic E-state index is 12.2. The quantitative estimate of drug-likeness (QED) is 0.728. The van der Waals surface area contributed by atoms with Crippen LogP contribution in [0.25, 0.3) is 11.2 Å². The van der Waals surface area contributed by atoms with Crippen molar-refractivity contribution in [2.24, 2.45) is 0 Å². The molecule has 2 aromatic heterocycles. The monoisotopic (exact) mass is 324 g/mol. The molecular weight excluding hydrogens is 304 g/mol. The summed E-state index contributed by atoms with van der Waals surface area (Å²) in [6, 6.07) is 7.83. The van der Waals surface area contributed by atoms with Crippen molar-refractivity contribution in [3.05, 3.63) is 47.8 Å². The van der Waals surface area contributed by atoms with E-state index in [0.717, 1.165) is 12.8 Å². The van der Waals surface area contributed by atoms with E-state index in [1.54, 1.807) is 12.4 Å². The molecule has 0 saturated heterocycles. The third-order valence-corrected chi connectivity index (χ3v) is 3.67. The fourth-order valence-corrected chi connectivity index (χ4v) is 2.38. The maximum Gasteiger partial charge on any atom is 0.255 e. The summed E-state index contributed by atoms with van der Waals surface area (Å²) in [4.78, 5) is 23.9. The first kappa shape index (κ1) is 16.0. The third kappa shape index (κ3) is 3.37. The molecular formula is C18H20N4O2. The number of aromatic nitrogens is 3. The average Bonchev–Trinajstić information content (AvgIpc) is 3.03. The van der Waals surface area contributed by atoms with E-state index < -0.39 is 0 Å². The largest absolute Gasteiger partial charge is 0.437 e. The Kier molecular flexibility index (Phi) is 4.74. The average molecular weight is 324 g/mol. The Labute approximate surface area is 140 Å². The van der Waals surface area contributed by atoms with Crippen LogP contribution in [-0.4, -0.2) is 27.4 Å². The molecule has 0 aliphatic carbocycles. The number of aromatic amines is 1. The van der Waals surface area contributed by atoms with E-state index in [4.69, 9.17) is 4.74 Å². The Morgan fingerprint density at radius 1 is 1.33 bits per heavy atom. The Morgan fingerprint density at radius 3 is 3.00 bits per heavy atom. The lowest BCUT2D eigenvalue weighted by molar-refractivity contribution is 0.0955. The number of ether oxygens (including phenoxy) is 1. The molecule has 3 aromatic rings. The number of carbonyl (C=O) groups excluding carboxylic acids is 1. The summed E-state index contributed by atoms with van der Waals surface area (Å²) in [7, 11) is 0. The van der Waals surface area contributed by atoms with Crippen LogP contribution < -0.4 is 10.1 Å². The highest BCUT2D eigenvalue weighted by atomic mass is 16.5. The summed E-state index contributed by atoms with van der Waals surface area (Å²) >= 11 is 0. The van der Waals surface area contributed by atoms with Crippen LogP contribution in [0.5, 0.6) is 11.6 Å². The molecule has 0 saturated carbocycles. The van der Waals surface area contributed by atoms with Crippen molar-refractivity contribution >= 4 is 17.1 Å². The van der Waals surface area contributed by atoms with Crippen molar-refractivity contribution in [2.75, 3.05) is 6.54 Å². The topological polar surface area (TPSA) is 79.9 Å². The molecule has 0 atom stereocenters. The van der Waals surface area contributed by atoms with Crippen molar-refractivity contribution < 1.29 is 9.53 Å². The van der Waals surface area contributed by atoms with Crippen LogP contribution in [-0.2, 0) is 6.42 Å². The second-order valence-corrected chi connectivity index (χ2v) is 5.47. The molecule has 0 fully saturated rings. The Morgan fingerprint density at radius 2 is 2.21 bits per heavy atom. The van der Waals surface area contributed by atoms with Crippen LogP contribution in [0, 0.1) is 0 Å². The van der Waals surface area contributed by atoms with Crippen molar-refractivity contribution in [2.45, 2.75) is 26.7 Å². The van der Waals surface area contributed by atoms with Crippen molar-refractivity contribution in [3.63, 3.8) is 0 Å². The predicted octanol–water partition coefficient (Wildman–Crippen LogP) is 3.45. The third-order valence-electron chi connectivity index (χ3n) is 3.67.